The van der Waals surface area contributed by atoms with Gasteiger partial charge in [0.05, 0.1) is 0 Å². The van der Waals surface area contributed by atoms with Crippen LogP contribution >= 0.6 is 0 Å². The molecule has 0 heterocycles. The molecule has 1 nitrogen and oxygen atoms in total. The zero-order chi connectivity index (χ0) is 5.98. The predicted octanol–water partition coefficient (Wildman–Crippen LogP) is 1.05. The Kier molecular flexibility index (Phi) is 4.79. The molecule has 0 radical (unpaired) electrons. The van der Waals surface area contributed by atoms with Gasteiger partial charge in [-0.05, 0) is 18.6 Å². The number of phenolic OH excluding ortho intramolecular Hbond substituents is 1. The Labute approximate surface area is 97.5 Å². The van der Waals surface area contributed by atoms with Gasteiger partial charge in [-0.25, -0.2) is 0 Å². The van der Waals surface area contributed by atoms with E-state index in [0.29, 0.717) is 5.75 Å². The van der Waals surface area contributed by atoms with Gasteiger partial charge in [-0.3, -0.25) is 0 Å². The molecule has 0 saturated heterocycles. The molecule has 0 saturated carbocycles. The minimum absolute atomic E-state index is 0. The predicted molar refractivity (Wildman–Crippen MR) is 40.0 cm³/mol. The Bertz CT molecular complexity index is 165. The van der Waals surface area contributed by atoms with Crippen LogP contribution in [0.2, 0.25) is 0 Å². The van der Waals surface area contributed by atoms with Crippen LogP contribution in [0.1, 0.15) is 5.56 Å². The van der Waals surface area contributed by atoms with Crippen molar-refractivity contribution in [3.05, 3.63) is 29.8 Å². The third kappa shape index (κ3) is 2.82. The second-order valence-corrected chi connectivity index (χ2v) is 1.79. The SMILES string of the molecule is Cc1ccccc1O.[KH]. The van der Waals surface area contributed by atoms with Crippen LogP contribution in [0.25, 0.3) is 0 Å². The summed E-state index contributed by atoms with van der Waals surface area (Å²) in [7, 11) is 0. The Balaban J connectivity index is 0.000000640. The molecule has 0 aliphatic carbocycles. The first-order valence-electron chi connectivity index (χ1n) is 2.55. The average molecular weight is 148 g/mol. The first kappa shape index (κ1) is 9.66. The van der Waals surface area contributed by atoms with E-state index in [9.17, 15) is 0 Å². The summed E-state index contributed by atoms with van der Waals surface area (Å²) in [5, 5.41) is 8.92. The zero-order valence-electron chi connectivity index (χ0n) is 4.76. The van der Waals surface area contributed by atoms with Gasteiger partial charge < -0.3 is 5.11 Å². The molecule has 1 aromatic rings. The van der Waals surface area contributed by atoms with E-state index in [1.54, 1.807) is 6.07 Å². The molecule has 0 atom stereocenters. The van der Waals surface area contributed by atoms with Crippen molar-refractivity contribution in [2.45, 2.75) is 6.92 Å². The summed E-state index contributed by atoms with van der Waals surface area (Å²) in [4.78, 5) is 0. The summed E-state index contributed by atoms with van der Waals surface area (Å²) < 4.78 is 0. The minimum atomic E-state index is 0. The number of aromatic hydroxyl groups is 1. The van der Waals surface area contributed by atoms with Gasteiger partial charge >= 0.3 is 51.4 Å². The van der Waals surface area contributed by atoms with E-state index < -0.39 is 0 Å². The number of phenols is 1. The normalized spacial score (nSPS) is 8.11. The van der Waals surface area contributed by atoms with Gasteiger partial charge in [0, 0.05) is 0 Å². The van der Waals surface area contributed by atoms with E-state index in [0.717, 1.165) is 5.56 Å². The number of para-hydroxylation sites is 1. The molecular formula is C7H9KO. The van der Waals surface area contributed by atoms with Crippen LogP contribution in [0.15, 0.2) is 24.3 Å². The third-order valence-electron chi connectivity index (χ3n) is 1.12. The van der Waals surface area contributed by atoms with Gasteiger partial charge in [-0.1, -0.05) is 18.2 Å². The van der Waals surface area contributed by atoms with E-state index in [2.05, 4.69) is 0 Å². The summed E-state index contributed by atoms with van der Waals surface area (Å²) in [5.41, 5.74) is 0.924. The van der Waals surface area contributed by atoms with Crippen LogP contribution in [0.3, 0.4) is 0 Å². The number of benzene rings is 1. The molecule has 44 valence electrons. The first-order valence-corrected chi connectivity index (χ1v) is 2.55. The molecule has 1 N–H and O–H groups in total. The average Bonchev–Trinajstić information content (AvgIpc) is 1.77. The van der Waals surface area contributed by atoms with Crippen molar-refractivity contribution in [1.82, 2.24) is 0 Å². The first-order chi connectivity index (χ1) is 3.80. The van der Waals surface area contributed by atoms with Gasteiger partial charge in [0.1, 0.15) is 5.75 Å². The van der Waals surface area contributed by atoms with Gasteiger partial charge in [0.25, 0.3) is 0 Å². The van der Waals surface area contributed by atoms with E-state index in [4.69, 9.17) is 5.11 Å². The summed E-state index contributed by atoms with van der Waals surface area (Å²) in [6, 6.07) is 7.25. The maximum atomic E-state index is 8.92. The second kappa shape index (κ2) is 4.47. The summed E-state index contributed by atoms with van der Waals surface area (Å²) in [6.07, 6.45) is 0. The summed E-state index contributed by atoms with van der Waals surface area (Å²) in [5.74, 6) is 0.368. The number of hydrogen-bond acceptors (Lipinski definition) is 1. The molecule has 0 amide bonds. The number of rotatable bonds is 0. The zero-order valence-corrected chi connectivity index (χ0v) is 4.76. The fraction of sp³-hybridized carbons (Fsp3) is 0.143. The topological polar surface area (TPSA) is 20.2 Å². The van der Waals surface area contributed by atoms with Crippen LogP contribution in [0.4, 0.5) is 0 Å². The molecule has 1 aromatic carbocycles. The van der Waals surface area contributed by atoms with E-state index >= 15 is 0 Å². The molecule has 0 fully saturated rings. The number of aryl methyl sites for hydroxylation is 1. The fourth-order valence-corrected chi connectivity index (χ4v) is 0.563. The maximum absolute atomic E-state index is 8.92. The van der Waals surface area contributed by atoms with Gasteiger partial charge in [0.2, 0.25) is 0 Å². The Morgan fingerprint density at radius 1 is 1.22 bits per heavy atom. The Hall–Kier alpha value is 0.656. The molecule has 0 spiro atoms. The van der Waals surface area contributed by atoms with Crippen molar-refractivity contribution in [3.8, 4) is 5.75 Å². The van der Waals surface area contributed by atoms with Gasteiger partial charge in [-0.2, -0.15) is 0 Å². The van der Waals surface area contributed by atoms with E-state index in [1.165, 1.54) is 0 Å². The standard InChI is InChI=1S/C7H8O.K.H/c1-6-4-2-3-5-7(6)8;;/h2-5,8H,1H3;;. The van der Waals surface area contributed by atoms with Crippen LogP contribution in [-0.2, 0) is 0 Å². The Morgan fingerprint density at radius 3 is 2.11 bits per heavy atom. The molecular weight excluding hydrogens is 139 g/mol. The molecule has 2 heteroatoms. The monoisotopic (exact) mass is 148 g/mol. The van der Waals surface area contributed by atoms with Crippen molar-refractivity contribution in [3.63, 3.8) is 0 Å². The second-order valence-electron chi connectivity index (χ2n) is 1.79. The van der Waals surface area contributed by atoms with Gasteiger partial charge in [-0.15, -0.1) is 0 Å². The van der Waals surface area contributed by atoms with Crippen molar-refractivity contribution >= 4 is 51.4 Å². The third-order valence-corrected chi connectivity index (χ3v) is 1.12. The molecule has 9 heavy (non-hydrogen) atoms. The molecule has 0 aromatic heterocycles. The molecule has 0 unspecified atom stereocenters. The van der Waals surface area contributed by atoms with Crippen molar-refractivity contribution in [2.24, 2.45) is 0 Å². The number of hydrogen-bond donors (Lipinski definition) is 1. The molecule has 1 rings (SSSR count). The van der Waals surface area contributed by atoms with Crippen LogP contribution < -0.4 is 0 Å². The molecule has 0 bridgehead atoms. The molecule has 0 aliphatic rings. The summed E-state index contributed by atoms with van der Waals surface area (Å²) in [6.45, 7) is 1.87. The summed E-state index contributed by atoms with van der Waals surface area (Å²) >= 11 is 0. The molecule has 0 aliphatic heterocycles. The van der Waals surface area contributed by atoms with Crippen LogP contribution in [0.5, 0.6) is 5.75 Å². The quantitative estimate of drug-likeness (QED) is 0.545. The van der Waals surface area contributed by atoms with Crippen molar-refractivity contribution in [2.75, 3.05) is 0 Å². The van der Waals surface area contributed by atoms with E-state index in [1.807, 2.05) is 25.1 Å². The van der Waals surface area contributed by atoms with Gasteiger partial charge in [0.15, 0.2) is 0 Å². The van der Waals surface area contributed by atoms with Crippen molar-refractivity contribution in [1.29, 1.82) is 0 Å². The Morgan fingerprint density at radius 2 is 1.78 bits per heavy atom. The van der Waals surface area contributed by atoms with Crippen LogP contribution in [0, 0.1) is 6.92 Å². The van der Waals surface area contributed by atoms with E-state index in [-0.39, 0.29) is 51.4 Å². The van der Waals surface area contributed by atoms with Crippen LogP contribution in [-0.4, -0.2) is 56.5 Å². The fourth-order valence-electron chi connectivity index (χ4n) is 0.563. The van der Waals surface area contributed by atoms with Crippen molar-refractivity contribution < 1.29 is 5.11 Å².